The van der Waals surface area contributed by atoms with E-state index in [1.54, 1.807) is 25.0 Å². The van der Waals surface area contributed by atoms with E-state index in [0.717, 1.165) is 0 Å². The van der Waals surface area contributed by atoms with Crippen LogP contribution in [0.1, 0.15) is 5.82 Å². The van der Waals surface area contributed by atoms with Crippen LogP contribution < -0.4 is 0 Å². The Balaban J connectivity index is 2.26. The summed E-state index contributed by atoms with van der Waals surface area (Å²) in [5, 5.41) is 4.96. The molecule has 8 heteroatoms. The molecule has 0 spiro atoms. The maximum Gasteiger partial charge on any atom is 0.251 e. The van der Waals surface area contributed by atoms with Gasteiger partial charge in [0.1, 0.15) is 11.0 Å². The molecule has 0 aliphatic heterocycles. The molecule has 0 atom stereocenters. The van der Waals surface area contributed by atoms with Crippen LogP contribution in [0.5, 0.6) is 0 Å². The third-order valence-corrected chi connectivity index (χ3v) is 2.74. The van der Waals surface area contributed by atoms with Crippen molar-refractivity contribution in [1.29, 1.82) is 0 Å². The maximum atomic E-state index is 12.2. The fourth-order valence-electron chi connectivity index (χ4n) is 1.64. The van der Waals surface area contributed by atoms with Crippen LogP contribution in [0, 0.1) is 0 Å². The van der Waals surface area contributed by atoms with Gasteiger partial charge in [0.2, 0.25) is 0 Å². The van der Waals surface area contributed by atoms with Gasteiger partial charge in [-0.25, -0.2) is 18.7 Å². The van der Waals surface area contributed by atoms with Crippen molar-refractivity contribution in [1.82, 2.24) is 24.6 Å². The predicted octanol–water partition coefficient (Wildman–Crippen LogP) is 1.71. The lowest BCUT2D eigenvalue weighted by atomic mass is 10.4. The van der Waals surface area contributed by atoms with Crippen LogP contribution in [-0.2, 0) is 13.6 Å². The van der Waals surface area contributed by atoms with Crippen LogP contribution in [-0.4, -0.2) is 44.7 Å². The van der Waals surface area contributed by atoms with E-state index < -0.39 is 6.43 Å². The van der Waals surface area contributed by atoms with E-state index in [4.69, 9.17) is 11.6 Å². The summed E-state index contributed by atoms with van der Waals surface area (Å²) in [7, 11) is 3.31. The number of fused-ring (bicyclic) bond motifs is 1. The van der Waals surface area contributed by atoms with Crippen molar-refractivity contribution in [2.45, 2.75) is 13.0 Å². The van der Waals surface area contributed by atoms with Gasteiger partial charge in [0.05, 0.1) is 24.7 Å². The van der Waals surface area contributed by atoms with Gasteiger partial charge in [-0.05, 0) is 7.05 Å². The second-order valence-corrected chi connectivity index (χ2v) is 4.38. The molecule has 0 radical (unpaired) electrons. The van der Waals surface area contributed by atoms with Crippen molar-refractivity contribution in [3.63, 3.8) is 0 Å². The first-order valence-corrected chi connectivity index (χ1v) is 5.66. The molecular weight excluding hydrogens is 264 g/mol. The Bertz CT molecular complexity index is 556. The highest BCUT2D eigenvalue weighted by Gasteiger charge is 2.13. The number of aryl methyl sites for hydroxylation is 1. The Labute approximate surface area is 107 Å². The van der Waals surface area contributed by atoms with E-state index >= 15 is 0 Å². The SMILES string of the molecule is CN(Cc1nc(Cl)c2cnn(C)c2n1)CC(F)F. The van der Waals surface area contributed by atoms with Crippen LogP contribution >= 0.6 is 11.6 Å². The smallest absolute Gasteiger partial charge is 0.251 e. The number of nitrogens with zero attached hydrogens (tertiary/aromatic N) is 5. The first kappa shape index (κ1) is 13.1. The zero-order valence-electron chi connectivity index (χ0n) is 9.94. The molecule has 2 aromatic heterocycles. The van der Waals surface area contributed by atoms with Gasteiger partial charge in [-0.3, -0.25) is 9.58 Å². The minimum atomic E-state index is -2.38. The van der Waals surface area contributed by atoms with Crippen molar-refractivity contribution in [2.24, 2.45) is 7.05 Å². The van der Waals surface area contributed by atoms with Gasteiger partial charge in [-0.2, -0.15) is 5.10 Å². The third-order valence-electron chi connectivity index (χ3n) is 2.45. The highest BCUT2D eigenvalue weighted by molar-refractivity contribution is 6.33. The van der Waals surface area contributed by atoms with Gasteiger partial charge in [-0.1, -0.05) is 11.6 Å². The lowest BCUT2D eigenvalue weighted by Gasteiger charge is -2.14. The van der Waals surface area contributed by atoms with E-state index in [0.29, 0.717) is 16.9 Å². The summed E-state index contributed by atoms with van der Waals surface area (Å²) < 4.78 is 26.0. The van der Waals surface area contributed by atoms with E-state index in [-0.39, 0.29) is 18.2 Å². The average molecular weight is 276 g/mol. The molecule has 0 aliphatic carbocycles. The second kappa shape index (κ2) is 5.11. The summed E-state index contributed by atoms with van der Waals surface area (Å²) in [6.07, 6.45) is -0.810. The minimum Gasteiger partial charge on any atom is -0.293 e. The van der Waals surface area contributed by atoms with Crippen molar-refractivity contribution >= 4 is 22.6 Å². The van der Waals surface area contributed by atoms with Crippen molar-refractivity contribution in [3.8, 4) is 0 Å². The number of hydrogen-bond acceptors (Lipinski definition) is 4. The fraction of sp³-hybridized carbons (Fsp3) is 0.500. The van der Waals surface area contributed by atoms with Crippen LogP contribution in [0.4, 0.5) is 8.78 Å². The lowest BCUT2D eigenvalue weighted by Crippen LogP contribution is -2.25. The van der Waals surface area contributed by atoms with E-state index in [1.807, 2.05) is 0 Å². The molecule has 18 heavy (non-hydrogen) atoms. The molecule has 98 valence electrons. The number of hydrogen-bond donors (Lipinski definition) is 0. The van der Waals surface area contributed by atoms with Gasteiger partial charge < -0.3 is 0 Å². The minimum absolute atomic E-state index is 0.213. The normalized spacial score (nSPS) is 11.9. The average Bonchev–Trinajstić information content (AvgIpc) is 2.59. The molecule has 0 aliphatic rings. The summed E-state index contributed by atoms with van der Waals surface area (Å²) >= 11 is 5.99. The molecule has 0 bridgehead atoms. The van der Waals surface area contributed by atoms with Crippen molar-refractivity contribution in [2.75, 3.05) is 13.6 Å². The molecule has 2 heterocycles. The second-order valence-electron chi connectivity index (χ2n) is 4.02. The molecule has 0 aromatic carbocycles. The van der Waals surface area contributed by atoms with Crippen LogP contribution in [0.25, 0.3) is 11.0 Å². The topological polar surface area (TPSA) is 46.8 Å². The van der Waals surface area contributed by atoms with Gasteiger partial charge >= 0.3 is 0 Å². The van der Waals surface area contributed by atoms with Gasteiger partial charge in [0.15, 0.2) is 5.65 Å². The number of rotatable bonds is 4. The van der Waals surface area contributed by atoms with Gasteiger partial charge in [0, 0.05) is 7.05 Å². The number of alkyl halides is 2. The Morgan fingerprint density at radius 2 is 2.17 bits per heavy atom. The van der Waals surface area contributed by atoms with Crippen molar-refractivity contribution < 1.29 is 8.78 Å². The summed E-state index contributed by atoms with van der Waals surface area (Å²) in [4.78, 5) is 9.78. The number of aromatic nitrogens is 4. The molecule has 0 amide bonds. The summed E-state index contributed by atoms with van der Waals surface area (Å²) in [5.41, 5.74) is 0.593. The molecule has 2 rings (SSSR count). The highest BCUT2D eigenvalue weighted by atomic mass is 35.5. The molecule has 0 saturated heterocycles. The lowest BCUT2D eigenvalue weighted by molar-refractivity contribution is 0.0965. The molecule has 0 N–H and O–H groups in total. The Morgan fingerprint density at radius 3 is 2.83 bits per heavy atom. The zero-order chi connectivity index (χ0) is 13.3. The van der Waals surface area contributed by atoms with Crippen molar-refractivity contribution in [3.05, 3.63) is 17.2 Å². The molecule has 2 aromatic rings. The molecule has 0 saturated carbocycles. The van der Waals surface area contributed by atoms with E-state index in [9.17, 15) is 8.78 Å². The molecular formula is C10H12ClF2N5. The van der Waals surface area contributed by atoms with Crippen LogP contribution in [0.2, 0.25) is 5.15 Å². The quantitative estimate of drug-likeness (QED) is 0.797. The predicted molar refractivity (Wildman–Crippen MR) is 63.7 cm³/mol. The zero-order valence-corrected chi connectivity index (χ0v) is 10.7. The standard InChI is InChI=1S/C10H12ClF2N5/c1-17(4-7(12)13)5-8-15-9(11)6-3-14-18(2)10(6)16-8/h3,7H,4-5H2,1-2H3. The highest BCUT2D eigenvalue weighted by Crippen LogP contribution is 2.19. The Morgan fingerprint density at radius 1 is 1.44 bits per heavy atom. The van der Waals surface area contributed by atoms with Crippen LogP contribution in [0.15, 0.2) is 6.20 Å². The van der Waals surface area contributed by atoms with E-state index in [1.165, 1.54) is 4.90 Å². The summed E-state index contributed by atoms with van der Waals surface area (Å²) in [6, 6.07) is 0. The number of halogens is 3. The Kier molecular flexibility index (Phi) is 3.72. The first-order valence-electron chi connectivity index (χ1n) is 5.28. The molecule has 5 nitrogen and oxygen atoms in total. The summed E-state index contributed by atoms with van der Waals surface area (Å²) in [5.74, 6) is 0.402. The molecule has 0 unspecified atom stereocenters. The summed E-state index contributed by atoms with van der Waals surface area (Å²) in [6.45, 7) is -0.115. The largest absolute Gasteiger partial charge is 0.293 e. The first-order chi connectivity index (χ1) is 8.47. The Hall–Kier alpha value is -1.34. The van der Waals surface area contributed by atoms with Crippen LogP contribution in [0.3, 0.4) is 0 Å². The van der Waals surface area contributed by atoms with Gasteiger partial charge in [0.25, 0.3) is 6.43 Å². The molecule has 0 fully saturated rings. The third kappa shape index (κ3) is 2.73. The monoisotopic (exact) mass is 275 g/mol. The van der Waals surface area contributed by atoms with Gasteiger partial charge in [-0.15, -0.1) is 0 Å². The fourth-order valence-corrected chi connectivity index (χ4v) is 1.87. The maximum absolute atomic E-state index is 12.2. The van der Waals surface area contributed by atoms with E-state index in [2.05, 4.69) is 15.1 Å².